The van der Waals surface area contributed by atoms with Gasteiger partial charge in [0.05, 0.1) is 17.5 Å². The van der Waals surface area contributed by atoms with Gasteiger partial charge in [-0.05, 0) is 52.6 Å². The second-order valence-electron chi connectivity index (χ2n) is 6.84. The third-order valence-electron chi connectivity index (χ3n) is 4.11. The Morgan fingerprint density at radius 3 is 2.54 bits per heavy atom. The highest BCUT2D eigenvalue weighted by atomic mass is 32.2. The highest BCUT2D eigenvalue weighted by Crippen LogP contribution is 2.23. The summed E-state index contributed by atoms with van der Waals surface area (Å²) in [5.74, 6) is 0.766. The van der Waals surface area contributed by atoms with Gasteiger partial charge in [0.2, 0.25) is 11.1 Å². The average molecular weight is 398 g/mol. The van der Waals surface area contributed by atoms with Crippen LogP contribution < -0.4 is 5.32 Å². The molecule has 1 heterocycles. The number of aromatic hydroxyl groups is 1. The Bertz CT molecular complexity index is 896. The number of benzene rings is 2. The number of hydrogen-bond donors (Lipinski definition) is 2. The minimum atomic E-state index is -0.0697. The summed E-state index contributed by atoms with van der Waals surface area (Å²) in [6.45, 7) is 4.28. The summed E-state index contributed by atoms with van der Waals surface area (Å²) in [5.41, 5.74) is 1.82. The Kier molecular flexibility index (Phi) is 6.65. The van der Waals surface area contributed by atoms with Crippen molar-refractivity contribution < 1.29 is 9.90 Å². The fourth-order valence-electron chi connectivity index (χ4n) is 2.83. The van der Waals surface area contributed by atoms with Crippen molar-refractivity contribution in [2.75, 3.05) is 5.75 Å². The lowest BCUT2D eigenvalue weighted by molar-refractivity contribution is -0.119. The van der Waals surface area contributed by atoms with Crippen molar-refractivity contribution >= 4 is 17.7 Å². The van der Waals surface area contributed by atoms with Crippen LogP contribution in [0.3, 0.4) is 0 Å². The Morgan fingerprint density at radius 2 is 1.86 bits per heavy atom. The van der Waals surface area contributed by atoms with Gasteiger partial charge >= 0.3 is 0 Å². The van der Waals surface area contributed by atoms with Crippen molar-refractivity contribution in [2.24, 2.45) is 5.92 Å². The minimum Gasteiger partial charge on any atom is -0.508 e. The van der Waals surface area contributed by atoms with Crippen LogP contribution in [0.5, 0.6) is 5.75 Å². The molecule has 2 aromatic carbocycles. The molecule has 28 heavy (non-hydrogen) atoms. The first-order chi connectivity index (χ1) is 13.5. The number of aromatic nitrogens is 4. The molecular weight excluding hydrogens is 374 g/mol. The lowest BCUT2D eigenvalue weighted by Crippen LogP contribution is -2.31. The van der Waals surface area contributed by atoms with Gasteiger partial charge in [0.25, 0.3) is 0 Å². The van der Waals surface area contributed by atoms with Gasteiger partial charge in [-0.15, -0.1) is 5.10 Å². The van der Waals surface area contributed by atoms with Gasteiger partial charge in [0, 0.05) is 0 Å². The van der Waals surface area contributed by atoms with Crippen LogP contribution in [0.15, 0.2) is 59.8 Å². The van der Waals surface area contributed by atoms with Crippen molar-refractivity contribution in [1.82, 2.24) is 25.5 Å². The molecule has 2 N–H and O–H groups in total. The number of hydrogen-bond acceptors (Lipinski definition) is 6. The molecule has 1 aromatic heterocycles. The summed E-state index contributed by atoms with van der Waals surface area (Å²) in [6.07, 6.45) is 0.867. The fraction of sp³-hybridized carbons (Fsp3) is 0.300. The fourth-order valence-corrected chi connectivity index (χ4v) is 3.53. The molecule has 3 aromatic rings. The van der Waals surface area contributed by atoms with E-state index in [2.05, 4.69) is 34.7 Å². The summed E-state index contributed by atoms with van der Waals surface area (Å²) in [5, 5.41) is 24.7. The molecule has 0 saturated heterocycles. The van der Waals surface area contributed by atoms with Crippen molar-refractivity contribution in [1.29, 1.82) is 0 Å². The van der Waals surface area contributed by atoms with Crippen molar-refractivity contribution in [3.05, 3.63) is 60.2 Å². The largest absolute Gasteiger partial charge is 0.508 e. The van der Waals surface area contributed by atoms with Crippen molar-refractivity contribution in [3.63, 3.8) is 0 Å². The van der Waals surface area contributed by atoms with E-state index in [-0.39, 0.29) is 23.5 Å². The third kappa shape index (κ3) is 5.32. The zero-order valence-electron chi connectivity index (χ0n) is 15.8. The lowest BCUT2D eigenvalue weighted by Gasteiger charge is -2.21. The number of carbonyl (C=O) groups excluding carboxylic acids is 1. The quantitative estimate of drug-likeness (QED) is 0.566. The molecule has 0 spiro atoms. The molecule has 0 aliphatic rings. The molecule has 0 unspecified atom stereocenters. The Hall–Kier alpha value is -2.87. The first kappa shape index (κ1) is 19.9. The topological polar surface area (TPSA) is 92.9 Å². The number of tetrazole rings is 1. The SMILES string of the molecule is CC(C)C[C@@H](NC(=O)CSc1nnnn1-c1ccc(O)cc1)c1ccccc1. The first-order valence-corrected chi connectivity index (χ1v) is 10.1. The zero-order valence-corrected chi connectivity index (χ0v) is 16.6. The number of carbonyl (C=O) groups is 1. The monoisotopic (exact) mass is 397 g/mol. The van der Waals surface area contributed by atoms with Gasteiger partial charge in [-0.2, -0.15) is 4.68 Å². The summed E-state index contributed by atoms with van der Waals surface area (Å²) >= 11 is 1.27. The number of phenolic OH excluding ortho intramolecular Hbond substituents is 1. The van der Waals surface area contributed by atoms with E-state index in [1.807, 2.05) is 30.3 Å². The van der Waals surface area contributed by atoms with E-state index in [0.717, 1.165) is 12.0 Å². The van der Waals surface area contributed by atoms with E-state index in [1.165, 1.54) is 11.8 Å². The van der Waals surface area contributed by atoms with Gasteiger partial charge in [-0.25, -0.2) is 0 Å². The molecule has 0 bridgehead atoms. The number of thioether (sulfide) groups is 1. The number of nitrogens with zero attached hydrogens (tertiary/aromatic N) is 4. The molecule has 146 valence electrons. The first-order valence-electron chi connectivity index (χ1n) is 9.08. The van der Waals surface area contributed by atoms with Crippen LogP contribution in [0.25, 0.3) is 5.69 Å². The summed E-state index contributed by atoms with van der Waals surface area (Å²) < 4.78 is 1.54. The summed E-state index contributed by atoms with van der Waals surface area (Å²) in [7, 11) is 0. The van der Waals surface area contributed by atoms with Crippen molar-refractivity contribution in [2.45, 2.75) is 31.5 Å². The van der Waals surface area contributed by atoms with E-state index in [0.29, 0.717) is 16.8 Å². The second-order valence-corrected chi connectivity index (χ2v) is 7.78. The molecular formula is C20H23N5O2S. The molecule has 0 fully saturated rings. The molecule has 1 amide bonds. The van der Waals surface area contributed by atoms with Crippen LogP contribution in [0.2, 0.25) is 0 Å². The van der Waals surface area contributed by atoms with E-state index < -0.39 is 0 Å². The number of nitrogens with one attached hydrogen (secondary N) is 1. The van der Waals surface area contributed by atoms with Crippen LogP contribution in [-0.4, -0.2) is 37.0 Å². The summed E-state index contributed by atoms with van der Waals surface area (Å²) in [4.78, 5) is 12.6. The summed E-state index contributed by atoms with van der Waals surface area (Å²) in [6, 6.07) is 16.5. The Morgan fingerprint density at radius 1 is 1.14 bits per heavy atom. The van der Waals surface area contributed by atoms with Gasteiger partial charge in [-0.3, -0.25) is 4.79 Å². The maximum atomic E-state index is 12.6. The zero-order chi connectivity index (χ0) is 19.9. The maximum absolute atomic E-state index is 12.6. The standard InChI is InChI=1S/C20H23N5O2S/c1-14(2)12-18(15-6-4-3-5-7-15)21-19(27)13-28-20-22-23-24-25(20)16-8-10-17(26)11-9-16/h3-11,14,18,26H,12-13H2,1-2H3,(H,21,27)/t18-/m1/s1. The lowest BCUT2D eigenvalue weighted by atomic mass is 9.97. The number of phenols is 1. The van der Waals surface area contributed by atoms with Crippen LogP contribution in [0.4, 0.5) is 0 Å². The highest BCUT2D eigenvalue weighted by molar-refractivity contribution is 7.99. The Labute approximate surface area is 168 Å². The normalized spacial score (nSPS) is 12.1. The molecule has 0 radical (unpaired) electrons. The number of rotatable bonds is 8. The Balaban J connectivity index is 1.64. The molecule has 0 aliphatic heterocycles. The van der Waals surface area contributed by atoms with Gasteiger partial charge in [0.15, 0.2) is 0 Å². The molecule has 0 aliphatic carbocycles. The minimum absolute atomic E-state index is 0.0256. The molecule has 3 rings (SSSR count). The van der Waals surface area contributed by atoms with Gasteiger partial charge in [0.1, 0.15) is 5.75 Å². The highest BCUT2D eigenvalue weighted by Gasteiger charge is 2.17. The smallest absolute Gasteiger partial charge is 0.230 e. The predicted octanol–water partition coefficient (Wildman–Crippen LogP) is 3.36. The molecule has 1 atom stereocenters. The van der Waals surface area contributed by atoms with Gasteiger partial charge in [-0.1, -0.05) is 55.9 Å². The van der Waals surface area contributed by atoms with Crippen LogP contribution in [-0.2, 0) is 4.79 Å². The van der Waals surface area contributed by atoms with Crippen LogP contribution in [0, 0.1) is 5.92 Å². The number of amides is 1. The average Bonchev–Trinajstić information content (AvgIpc) is 3.15. The molecule has 0 saturated carbocycles. The van der Waals surface area contributed by atoms with Crippen LogP contribution in [0.1, 0.15) is 31.9 Å². The molecule has 8 heteroatoms. The maximum Gasteiger partial charge on any atom is 0.230 e. The van der Waals surface area contributed by atoms with E-state index in [9.17, 15) is 9.90 Å². The van der Waals surface area contributed by atoms with E-state index >= 15 is 0 Å². The van der Waals surface area contributed by atoms with Crippen molar-refractivity contribution in [3.8, 4) is 11.4 Å². The second kappa shape index (κ2) is 9.36. The third-order valence-corrected chi connectivity index (χ3v) is 5.03. The predicted molar refractivity (Wildman–Crippen MR) is 108 cm³/mol. The van der Waals surface area contributed by atoms with E-state index in [4.69, 9.17) is 0 Å². The van der Waals surface area contributed by atoms with Crippen LogP contribution >= 0.6 is 11.8 Å². The van der Waals surface area contributed by atoms with Gasteiger partial charge < -0.3 is 10.4 Å². The molecule has 7 nitrogen and oxygen atoms in total. The van der Waals surface area contributed by atoms with E-state index in [1.54, 1.807) is 28.9 Å².